The van der Waals surface area contributed by atoms with E-state index in [0.717, 1.165) is 6.92 Å². The first-order valence-electron chi connectivity index (χ1n) is 6.19. The summed E-state index contributed by atoms with van der Waals surface area (Å²) in [4.78, 5) is 22.3. The summed E-state index contributed by atoms with van der Waals surface area (Å²) in [7, 11) is 0. The number of hydrogen-bond acceptors (Lipinski definition) is 4. The molecule has 4 N–H and O–H groups in total. The van der Waals surface area contributed by atoms with Crippen LogP contribution in [0.2, 0.25) is 5.02 Å². The number of carboxylic acid groups (broad SMARTS) is 1. The first-order chi connectivity index (χ1) is 9.76. The van der Waals surface area contributed by atoms with Gasteiger partial charge in [-0.2, -0.15) is 0 Å². The second kappa shape index (κ2) is 7.14. The van der Waals surface area contributed by atoms with E-state index < -0.39 is 24.1 Å². The predicted molar refractivity (Wildman–Crippen MR) is 77.9 cm³/mol. The number of hydrogen-bond donors (Lipinski definition) is 4. The molecule has 116 valence electrons. The Labute approximate surface area is 126 Å². The van der Waals surface area contributed by atoms with Crippen molar-refractivity contribution < 1.29 is 24.5 Å². The number of aliphatic carboxylic acids is 1. The number of urea groups is 1. The fourth-order valence-electron chi connectivity index (χ4n) is 1.35. The molecule has 8 heteroatoms. The van der Waals surface area contributed by atoms with Crippen LogP contribution in [0.25, 0.3) is 0 Å². The highest BCUT2D eigenvalue weighted by molar-refractivity contribution is 6.32. The van der Waals surface area contributed by atoms with Crippen LogP contribution in [0.4, 0.5) is 10.5 Å². The lowest BCUT2D eigenvalue weighted by atomic mass is 10.1. The number of benzene rings is 1. The lowest BCUT2D eigenvalue weighted by molar-refractivity contribution is -0.155. The van der Waals surface area contributed by atoms with Gasteiger partial charge in [0.05, 0.1) is 18.2 Å². The molecule has 1 aromatic rings. The molecule has 0 radical (unpaired) electrons. The average molecular weight is 317 g/mol. The minimum atomic E-state index is -2.03. The third kappa shape index (κ3) is 5.13. The predicted octanol–water partition coefficient (Wildman–Crippen LogP) is 1.70. The van der Waals surface area contributed by atoms with E-state index in [0.29, 0.717) is 23.1 Å². The lowest BCUT2D eigenvalue weighted by Gasteiger charge is -2.18. The highest BCUT2D eigenvalue weighted by Gasteiger charge is 2.30. The topological polar surface area (TPSA) is 108 Å². The Morgan fingerprint density at radius 1 is 1.43 bits per heavy atom. The van der Waals surface area contributed by atoms with E-state index >= 15 is 0 Å². The summed E-state index contributed by atoms with van der Waals surface area (Å²) in [5, 5.41) is 23.2. The van der Waals surface area contributed by atoms with Crippen LogP contribution in [0.15, 0.2) is 18.2 Å². The number of nitrogens with one attached hydrogen (secondary N) is 2. The van der Waals surface area contributed by atoms with Crippen LogP contribution in [0.5, 0.6) is 5.75 Å². The van der Waals surface area contributed by atoms with Crippen LogP contribution in [-0.4, -0.2) is 41.0 Å². The second-order valence-corrected chi connectivity index (χ2v) is 4.87. The first-order valence-corrected chi connectivity index (χ1v) is 6.57. The molecule has 21 heavy (non-hydrogen) atoms. The number of rotatable bonds is 6. The average Bonchev–Trinajstić information content (AvgIpc) is 2.40. The van der Waals surface area contributed by atoms with Crippen LogP contribution >= 0.6 is 11.6 Å². The van der Waals surface area contributed by atoms with Crippen LogP contribution in [0.3, 0.4) is 0 Å². The Morgan fingerprint density at radius 3 is 2.62 bits per heavy atom. The van der Waals surface area contributed by atoms with Crippen LogP contribution in [-0.2, 0) is 4.79 Å². The van der Waals surface area contributed by atoms with Gasteiger partial charge in [0, 0.05) is 5.69 Å². The fraction of sp³-hybridized carbons (Fsp3) is 0.385. The van der Waals surface area contributed by atoms with Gasteiger partial charge in [0.25, 0.3) is 0 Å². The van der Waals surface area contributed by atoms with Gasteiger partial charge in [-0.15, -0.1) is 0 Å². The zero-order chi connectivity index (χ0) is 16.0. The number of carbonyl (C=O) groups excluding carboxylic acids is 1. The summed E-state index contributed by atoms with van der Waals surface area (Å²) in [5.74, 6) is -0.925. The van der Waals surface area contributed by atoms with E-state index in [1.165, 1.54) is 6.07 Å². The number of aliphatic hydroxyl groups is 1. The molecular weight excluding hydrogens is 300 g/mol. The van der Waals surface area contributed by atoms with Crippen LogP contribution < -0.4 is 15.4 Å². The van der Waals surface area contributed by atoms with Crippen molar-refractivity contribution in [1.82, 2.24) is 5.32 Å². The van der Waals surface area contributed by atoms with Gasteiger partial charge < -0.3 is 25.6 Å². The number of carbonyl (C=O) groups is 2. The van der Waals surface area contributed by atoms with Gasteiger partial charge in [-0.25, -0.2) is 9.59 Å². The van der Waals surface area contributed by atoms with Gasteiger partial charge in [-0.1, -0.05) is 11.6 Å². The van der Waals surface area contributed by atoms with Crippen molar-refractivity contribution in [2.75, 3.05) is 18.5 Å². The highest BCUT2D eigenvalue weighted by atomic mass is 35.5. The molecule has 0 bridgehead atoms. The number of carboxylic acids is 1. The van der Waals surface area contributed by atoms with Gasteiger partial charge in [0.1, 0.15) is 5.75 Å². The molecule has 0 spiro atoms. The van der Waals surface area contributed by atoms with E-state index in [2.05, 4.69) is 10.6 Å². The summed E-state index contributed by atoms with van der Waals surface area (Å²) in [6, 6.07) is 4.04. The van der Waals surface area contributed by atoms with E-state index in [-0.39, 0.29) is 0 Å². The zero-order valence-electron chi connectivity index (χ0n) is 11.6. The largest absolute Gasteiger partial charge is 0.492 e. The molecule has 0 heterocycles. The normalized spacial score (nSPS) is 13.1. The number of amides is 2. The first kappa shape index (κ1) is 17.1. The van der Waals surface area contributed by atoms with E-state index in [9.17, 15) is 14.7 Å². The standard InChI is InChI=1S/C13H17ClN2O5/c1-3-21-10-5-4-8(6-9(10)14)16-12(19)15-7-13(2,20)11(17)18/h4-6,20H,3,7H2,1-2H3,(H,17,18)(H2,15,16,19). The summed E-state index contributed by atoms with van der Waals surface area (Å²) >= 11 is 5.97. The monoisotopic (exact) mass is 316 g/mol. The number of anilines is 1. The van der Waals surface area contributed by atoms with Gasteiger partial charge >= 0.3 is 12.0 Å². The Kier molecular flexibility index (Phi) is 5.80. The summed E-state index contributed by atoms with van der Waals surface area (Å²) in [6.45, 7) is 2.95. The molecule has 0 aromatic heterocycles. The molecule has 1 aromatic carbocycles. The van der Waals surface area contributed by atoms with E-state index in [1.54, 1.807) is 12.1 Å². The molecule has 0 saturated carbocycles. The minimum absolute atomic E-state index is 0.340. The van der Waals surface area contributed by atoms with Crippen molar-refractivity contribution in [3.05, 3.63) is 23.2 Å². The van der Waals surface area contributed by atoms with Crippen LogP contribution in [0.1, 0.15) is 13.8 Å². The quantitative estimate of drug-likeness (QED) is 0.639. The zero-order valence-corrected chi connectivity index (χ0v) is 12.4. The van der Waals surface area contributed by atoms with Crippen molar-refractivity contribution in [1.29, 1.82) is 0 Å². The molecule has 0 aliphatic heterocycles. The summed E-state index contributed by atoms with van der Waals surface area (Å²) in [5.41, 5.74) is -1.62. The van der Waals surface area contributed by atoms with Crippen molar-refractivity contribution in [2.45, 2.75) is 19.4 Å². The molecule has 0 fully saturated rings. The highest BCUT2D eigenvalue weighted by Crippen LogP contribution is 2.27. The smallest absolute Gasteiger partial charge is 0.337 e. The molecule has 0 saturated heterocycles. The molecule has 7 nitrogen and oxygen atoms in total. The molecular formula is C13H17ClN2O5. The van der Waals surface area contributed by atoms with E-state index in [4.69, 9.17) is 21.4 Å². The molecule has 0 aliphatic rings. The number of ether oxygens (including phenoxy) is 1. The molecule has 1 atom stereocenters. The maximum absolute atomic E-state index is 11.6. The Balaban J connectivity index is 2.59. The molecule has 1 rings (SSSR count). The lowest BCUT2D eigenvalue weighted by Crippen LogP contribution is -2.47. The van der Waals surface area contributed by atoms with Crippen molar-refractivity contribution in [2.24, 2.45) is 0 Å². The van der Waals surface area contributed by atoms with Gasteiger partial charge in [0.2, 0.25) is 0 Å². The van der Waals surface area contributed by atoms with Crippen molar-refractivity contribution in [3.8, 4) is 5.75 Å². The molecule has 1 unspecified atom stereocenters. The maximum Gasteiger partial charge on any atom is 0.337 e. The van der Waals surface area contributed by atoms with Crippen molar-refractivity contribution >= 4 is 29.3 Å². The second-order valence-electron chi connectivity index (χ2n) is 4.46. The van der Waals surface area contributed by atoms with E-state index in [1.807, 2.05) is 6.92 Å². The SMILES string of the molecule is CCOc1ccc(NC(=O)NCC(C)(O)C(=O)O)cc1Cl. The van der Waals surface area contributed by atoms with Gasteiger partial charge in [0.15, 0.2) is 5.60 Å². The fourth-order valence-corrected chi connectivity index (χ4v) is 1.59. The Hall–Kier alpha value is -1.99. The van der Waals surface area contributed by atoms with Gasteiger partial charge in [-0.3, -0.25) is 0 Å². The third-order valence-corrected chi connectivity index (χ3v) is 2.84. The molecule has 0 aliphatic carbocycles. The Morgan fingerprint density at radius 2 is 2.10 bits per heavy atom. The van der Waals surface area contributed by atoms with Crippen molar-refractivity contribution in [3.63, 3.8) is 0 Å². The number of halogens is 1. The summed E-state index contributed by atoms with van der Waals surface area (Å²) < 4.78 is 5.26. The molecule has 2 amide bonds. The Bertz CT molecular complexity index is 533. The van der Waals surface area contributed by atoms with Gasteiger partial charge in [-0.05, 0) is 32.0 Å². The maximum atomic E-state index is 11.6. The van der Waals surface area contributed by atoms with Crippen LogP contribution in [0, 0.1) is 0 Å². The third-order valence-electron chi connectivity index (χ3n) is 2.54. The minimum Gasteiger partial charge on any atom is -0.492 e. The summed E-state index contributed by atoms with van der Waals surface area (Å²) in [6.07, 6.45) is 0.